The van der Waals surface area contributed by atoms with Crippen LogP contribution in [-0.4, -0.2) is 27.3 Å². The normalized spacial score (nSPS) is 11.0. The summed E-state index contributed by atoms with van der Waals surface area (Å²) < 4.78 is 31.3. The van der Waals surface area contributed by atoms with Crippen LogP contribution in [0.3, 0.4) is 0 Å². The maximum absolute atomic E-state index is 11.7. The zero-order chi connectivity index (χ0) is 16.0. The second-order valence-corrected chi connectivity index (χ2v) is 6.48. The average Bonchev–Trinajstić information content (AvgIpc) is 2.47. The van der Waals surface area contributed by atoms with Crippen LogP contribution >= 0.6 is 0 Å². The molecule has 0 heterocycles. The van der Waals surface area contributed by atoms with E-state index in [2.05, 4.69) is 10.0 Å². The van der Waals surface area contributed by atoms with E-state index in [1.165, 1.54) is 7.05 Å². The van der Waals surface area contributed by atoms with E-state index in [9.17, 15) is 13.2 Å². The number of amides is 1. The van der Waals surface area contributed by atoms with Gasteiger partial charge in [-0.2, -0.15) is 0 Å². The van der Waals surface area contributed by atoms with E-state index in [4.69, 9.17) is 4.74 Å². The lowest BCUT2D eigenvalue weighted by Gasteiger charge is -2.16. The predicted octanol–water partition coefficient (Wildman–Crippen LogP) is 2.29. The Morgan fingerprint density at radius 1 is 1.14 bits per heavy atom. The van der Waals surface area contributed by atoms with Gasteiger partial charge >= 0.3 is 6.09 Å². The summed E-state index contributed by atoms with van der Waals surface area (Å²) >= 11 is 0. The molecule has 0 aliphatic heterocycles. The summed E-state index contributed by atoms with van der Waals surface area (Å²) in [4.78, 5) is 11.4. The molecular weight excluding hydrogens is 292 g/mol. The van der Waals surface area contributed by atoms with Gasteiger partial charge in [-0.25, -0.2) is 13.2 Å². The number of hydrogen-bond donors (Lipinski definition) is 2. The molecule has 7 heteroatoms. The van der Waals surface area contributed by atoms with E-state index >= 15 is 0 Å². The fourth-order valence-electron chi connectivity index (χ4n) is 1.82. The van der Waals surface area contributed by atoms with Crippen molar-refractivity contribution in [1.82, 2.24) is 5.32 Å². The fourth-order valence-corrected chi connectivity index (χ4v) is 2.49. The molecule has 0 saturated carbocycles. The van der Waals surface area contributed by atoms with Gasteiger partial charge in [0.2, 0.25) is 10.0 Å². The highest BCUT2D eigenvalue weighted by molar-refractivity contribution is 7.92. The summed E-state index contributed by atoms with van der Waals surface area (Å²) in [5.41, 5.74) is 2.09. The molecular formula is C14H22N2O4S. The lowest BCUT2D eigenvalue weighted by Crippen LogP contribution is -2.23. The first-order valence-electron chi connectivity index (χ1n) is 6.92. The van der Waals surface area contributed by atoms with E-state index in [1.54, 1.807) is 19.1 Å². The van der Waals surface area contributed by atoms with Crippen LogP contribution in [0.5, 0.6) is 5.75 Å². The van der Waals surface area contributed by atoms with Crippen LogP contribution in [0.15, 0.2) is 12.1 Å². The number of hydrogen-bond acceptors (Lipinski definition) is 4. The maximum atomic E-state index is 11.7. The Kier molecular flexibility index (Phi) is 6.02. The van der Waals surface area contributed by atoms with Gasteiger partial charge in [-0.05, 0) is 43.0 Å². The number of rotatable bonds is 6. The van der Waals surface area contributed by atoms with Crippen molar-refractivity contribution in [1.29, 1.82) is 0 Å². The molecule has 0 fully saturated rings. The van der Waals surface area contributed by atoms with Crippen LogP contribution in [0, 0.1) is 0 Å². The van der Waals surface area contributed by atoms with Crippen molar-refractivity contribution in [2.75, 3.05) is 17.5 Å². The molecule has 0 unspecified atom stereocenters. The molecule has 118 valence electrons. The Balaban J connectivity index is 3.25. The number of carbonyl (C=O) groups is 1. The molecule has 0 saturated heterocycles. The van der Waals surface area contributed by atoms with Crippen LogP contribution in [-0.2, 0) is 22.9 Å². The summed E-state index contributed by atoms with van der Waals surface area (Å²) in [6, 6.07) is 3.44. The third-order valence-corrected chi connectivity index (χ3v) is 4.39. The smallest absolute Gasteiger partial charge is 0.410 e. The number of ether oxygens (including phenoxy) is 1. The Labute approximate surface area is 125 Å². The van der Waals surface area contributed by atoms with Gasteiger partial charge in [-0.1, -0.05) is 13.8 Å². The molecule has 0 bridgehead atoms. The van der Waals surface area contributed by atoms with Crippen LogP contribution in [0.25, 0.3) is 0 Å². The van der Waals surface area contributed by atoms with Gasteiger partial charge in [0.15, 0.2) is 0 Å². The lowest BCUT2D eigenvalue weighted by atomic mass is 10.0. The molecule has 1 aromatic rings. The Hall–Kier alpha value is -1.76. The Bertz CT molecular complexity index is 612. The Morgan fingerprint density at radius 2 is 1.76 bits per heavy atom. The molecule has 0 aromatic heterocycles. The minimum Gasteiger partial charge on any atom is -0.410 e. The van der Waals surface area contributed by atoms with E-state index in [1.807, 2.05) is 13.8 Å². The van der Waals surface area contributed by atoms with E-state index in [0.717, 1.165) is 11.1 Å². The van der Waals surface area contributed by atoms with Gasteiger partial charge in [0.1, 0.15) is 5.75 Å². The molecule has 2 N–H and O–H groups in total. The number of benzene rings is 1. The van der Waals surface area contributed by atoms with Crippen molar-refractivity contribution in [3.63, 3.8) is 0 Å². The van der Waals surface area contributed by atoms with Gasteiger partial charge in [0.05, 0.1) is 11.4 Å². The second-order valence-electron chi connectivity index (χ2n) is 4.47. The molecule has 0 aliphatic carbocycles. The van der Waals surface area contributed by atoms with Crippen LogP contribution in [0.4, 0.5) is 10.5 Å². The van der Waals surface area contributed by atoms with Crippen LogP contribution < -0.4 is 14.8 Å². The number of sulfonamides is 1. The largest absolute Gasteiger partial charge is 0.412 e. The van der Waals surface area contributed by atoms with Crippen LogP contribution in [0.1, 0.15) is 31.9 Å². The predicted molar refractivity (Wildman–Crippen MR) is 83.4 cm³/mol. The van der Waals surface area contributed by atoms with Crippen molar-refractivity contribution in [3.8, 4) is 5.75 Å². The van der Waals surface area contributed by atoms with Gasteiger partial charge < -0.3 is 10.1 Å². The summed E-state index contributed by atoms with van der Waals surface area (Å²) in [6.45, 7) is 5.40. The lowest BCUT2D eigenvalue weighted by molar-refractivity contribution is 0.202. The van der Waals surface area contributed by atoms with E-state index in [-0.39, 0.29) is 5.75 Å². The SMILES string of the molecule is CCc1cc(OC(=O)NC)c(CC)cc1NS(=O)(=O)CC. The van der Waals surface area contributed by atoms with Crippen molar-refractivity contribution >= 4 is 21.8 Å². The highest BCUT2D eigenvalue weighted by atomic mass is 32.2. The summed E-state index contributed by atoms with van der Waals surface area (Å²) in [5, 5.41) is 2.39. The zero-order valence-corrected chi connectivity index (χ0v) is 13.6. The van der Waals surface area contributed by atoms with Gasteiger partial charge in [-0.3, -0.25) is 4.72 Å². The van der Waals surface area contributed by atoms with Crippen LogP contribution in [0.2, 0.25) is 0 Å². The number of carbonyl (C=O) groups excluding carboxylic acids is 1. The summed E-state index contributed by atoms with van der Waals surface area (Å²) in [7, 11) is -1.86. The van der Waals surface area contributed by atoms with E-state index in [0.29, 0.717) is 24.3 Å². The quantitative estimate of drug-likeness (QED) is 0.843. The monoisotopic (exact) mass is 314 g/mol. The molecule has 0 spiro atoms. The number of anilines is 1. The molecule has 6 nitrogen and oxygen atoms in total. The first-order valence-corrected chi connectivity index (χ1v) is 8.57. The highest BCUT2D eigenvalue weighted by Crippen LogP contribution is 2.29. The van der Waals surface area contributed by atoms with Crippen molar-refractivity contribution in [3.05, 3.63) is 23.3 Å². The molecule has 0 atom stereocenters. The topological polar surface area (TPSA) is 84.5 Å². The van der Waals surface area contributed by atoms with E-state index < -0.39 is 16.1 Å². The number of nitrogens with one attached hydrogen (secondary N) is 2. The first-order chi connectivity index (χ1) is 9.86. The second kappa shape index (κ2) is 7.31. The minimum atomic E-state index is -3.34. The molecule has 0 radical (unpaired) electrons. The maximum Gasteiger partial charge on any atom is 0.412 e. The van der Waals surface area contributed by atoms with Crippen molar-refractivity contribution in [2.24, 2.45) is 0 Å². The van der Waals surface area contributed by atoms with Crippen molar-refractivity contribution in [2.45, 2.75) is 33.6 Å². The zero-order valence-electron chi connectivity index (χ0n) is 12.8. The third kappa shape index (κ3) is 4.63. The molecule has 1 aromatic carbocycles. The van der Waals surface area contributed by atoms with Gasteiger partial charge in [0, 0.05) is 7.05 Å². The molecule has 21 heavy (non-hydrogen) atoms. The van der Waals surface area contributed by atoms with Gasteiger partial charge in [-0.15, -0.1) is 0 Å². The average molecular weight is 314 g/mol. The third-order valence-electron chi connectivity index (χ3n) is 3.10. The molecule has 0 aliphatic rings. The summed E-state index contributed by atoms with van der Waals surface area (Å²) in [5.74, 6) is 0.460. The summed E-state index contributed by atoms with van der Waals surface area (Å²) in [6.07, 6.45) is 0.695. The first kappa shape index (κ1) is 17.3. The molecule has 1 amide bonds. The number of aryl methyl sites for hydroxylation is 2. The molecule has 1 rings (SSSR count). The van der Waals surface area contributed by atoms with Crippen molar-refractivity contribution < 1.29 is 17.9 Å². The fraction of sp³-hybridized carbons (Fsp3) is 0.500. The standard InChI is InChI=1S/C14H22N2O4S/c1-5-10-9-13(20-14(17)15-4)11(6-2)8-12(10)16-21(18,19)7-3/h8-9,16H,5-7H2,1-4H3,(H,15,17). The Morgan fingerprint density at radius 3 is 2.24 bits per heavy atom. The minimum absolute atomic E-state index is 0.00804. The van der Waals surface area contributed by atoms with Gasteiger partial charge in [0.25, 0.3) is 0 Å². The highest BCUT2D eigenvalue weighted by Gasteiger charge is 2.15.